The Morgan fingerprint density at radius 3 is 2.37 bits per heavy atom. The van der Waals surface area contributed by atoms with Crippen LogP contribution in [0.4, 0.5) is 0 Å². The molecule has 0 aromatic rings. The molecule has 1 saturated heterocycles. The minimum Gasteiger partial charge on any atom is -0.465 e. The normalized spacial score (nSPS) is 20.2. The lowest BCUT2D eigenvalue weighted by Gasteiger charge is -2.33. The van der Waals surface area contributed by atoms with Crippen molar-refractivity contribution in [2.75, 3.05) is 45.6 Å². The monoisotopic (exact) mass is 293 g/mol. The van der Waals surface area contributed by atoms with E-state index in [1.165, 1.54) is 10.6 Å². The Bertz CT molecular complexity index is 391. The quantitative estimate of drug-likeness (QED) is 0.621. The van der Waals surface area contributed by atoms with E-state index < -0.39 is 16.1 Å². The second-order valence-electron chi connectivity index (χ2n) is 4.65. The van der Waals surface area contributed by atoms with Gasteiger partial charge in [0, 0.05) is 32.7 Å². The molecular weight excluding hydrogens is 270 g/mol. The van der Waals surface area contributed by atoms with Gasteiger partial charge in [-0.2, -0.15) is 4.31 Å². The Balaban J connectivity index is 2.28. The van der Waals surface area contributed by atoms with Crippen LogP contribution in [0, 0.1) is 0 Å². The van der Waals surface area contributed by atoms with Crippen LogP contribution in [0.1, 0.15) is 13.3 Å². The minimum atomic E-state index is -3.09. The molecular formula is C11H23N3O4S. The first kappa shape index (κ1) is 16.4. The molecule has 19 heavy (non-hydrogen) atoms. The highest BCUT2D eigenvalue weighted by Crippen LogP contribution is 2.07. The maximum absolute atomic E-state index is 11.3. The van der Waals surface area contributed by atoms with Crippen LogP contribution in [0.2, 0.25) is 0 Å². The summed E-state index contributed by atoms with van der Waals surface area (Å²) in [6.07, 6.45) is 1.75. The minimum absolute atomic E-state index is 0.333. The highest BCUT2D eigenvalue weighted by molar-refractivity contribution is 7.88. The number of esters is 1. The molecule has 0 aromatic heterocycles. The van der Waals surface area contributed by atoms with Crippen molar-refractivity contribution in [2.24, 2.45) is 5.73 Å². The highest BCUT2D eigenvalue weighted by Gasteiger charge is 2.24. The number of hydrogen-bond donors (Lipinski definition) is 1. The molecule has 0 aliphatic carbocycles. The largest absolute Gasteiger partial charge is 0.465 e. The van der Waals surface area contributed by atoms with Crippen LogP contribution in [-0.2, 0) is 19.6 Å². The lowest BCUT2D eigenvalue weighted by atomic mass is 10.2. The van der Waals surface area contributed by atoms with Crippen LogP contribution in [0.15, 0.2) is 0 Å². The van der Waals surface area contributed by atoms with Crippen LogP contribution >= 0.6 is 0 Å². The molecule has 1 atom stereocenters. The molecule has 1 heterocycles. The van der Waals surface area contributed by atoms with Gasteiger partial charge in [-0.05, 0) is 13.3 Å². The number of ether oxygens (including phenoxy) is 1. The van der Waals surface area contributed by atoms with E-state index >= 15 is 0 Å². The Hall–Kier alpha value is -0.700. The van der Waals surface area contributed by atoms with Gasteiger partial charge in [0.15, 0.2) is 0 Å². The maximum Gasteiger partial charge on any atom is 0.322 e. The molecule has 1 fully saturated rings. The standard InChI is InChI=1S/C11H23N3O4S/c1-3-18-11(15)10(12)4-5-13-6-8-14(9-7-13)19(2,16)17/h10H,3-9,12H2,1-2H3. The number of piperazine rings is 1. The van der Waals surface area contributed by atoms with Crippen LogP contribution in [-0.4, -0.2) is 75.2 Å². The Morgan fingerprint density at radius 1 is 1.32 bits per heavy atom. The summed E-state index contributed by atoms with van der Waals surface area (Å²) >= 11 is 0. The zero-order valence-electron chi connectivity index (χ0n) is 11.5. The van der Waals surface area contributed by atoms with Crippen LogP contribution in [0.5, 0.6) is 0 Å². The first-order valence-electron chi connectivity index (χ1n) is 6.44. The van der Waals surface area contributed by atoms with Gasteiger partial charge in [0.2, 0.25) is 10.0 Å². The smallest absolute Gasteiger partial charge is 0.322 e. The van der Waals surface area contributed by atoms with E-state index in [9.17, 15) is 13.2 Å². The van der Waals surface area contributed by atoms with Crippen molar-refractivity contribution in [3.05, 3.63) is 0 Å². The van der Waals surface area contributed by atoms with Crippen molar-refractivity contribution in [3.63, 3.8) is 0 Å². The molecule has 0 saturated carbocycles. The lowest BCUT2D eigenvalue weighted by Crippen LogP contribution is -2.49. The van der Waals surface area contributed by atoms with Crippen molar-refractivity contribution < 1.29 is 17.9 Å². The van der Waals surface area contributed by atoms with Gasteiger partial charge in [-0.1, -0.05) is 0 Å². The highest BCUT2D eigenvalue weighted by atomic mass is 32.2. The van der Waals surface area contributed by atoms with Crippen molar-refractivity contribution in [2.45, 2.75) is 19.4 Å². The number of sulfonamides is 1. The average Bonchev–Trinajstić information content (AvgIpc) is 2.35. The number of carbonyl (C=O) groups excluding carboxylic acids is 1. The summed E-state index contributed by atoms with van der Waals surface area (Å²) in [6.45, 7) is 5.08. The summed E-state index contributed by atoms with van der Waals surface area (Å²) in [5.41, 5.74) is 5.71. The third-order valence-corrected chi connectivity index (χ3v) is 4.45. The van der Waals surface area contributed by atoms with E-state index in [1.54, 1.807) is 6.92 Å². The predicted octanol–water partition coefficient (Wildman–Crippen LogP) is -1.16. The Morgan fingerprint density at radius 2 is 1.89 bits per heavy atom. The van der Waals surface area contributed by atoms with E-state index in [-0.39, 0.29) is 5.97 Å². The van der Waals surface area contributed by atoms with Gasteiger partial charge in [0.25, 0.3) is 0 Å². The molecule has 0 aromatic carbocycles. The molecule has 112 valence electrons. The molecule has 0 bridgehead atoms. The fourth-order valence-electron chi connectivity index (χ4n) is 1.97. The van der Waals surface area contributed by atoms with Crippen molar-refractivity contribution in [1.82, 2.24) is 9.21 Å². The molecule has 7 nitrogen and oxygen atoms in total. The summed E-state index contributed by atoms with van der Waals surface area (Å²) in [5, 5.41) is 0. The number of nitrogens with two attached hydrogens (primary N) is 1. The third-order valence-electron chi connectivity index (χ3n) is 3.15. The summed E-state index contributed by atoms with van der Waals surface area (Å²) in [4.78, 5) is 13.5. The number of nitrogens with zero attached hydrogens (tertiary/aromatic N) is 2. The zero-order valence-corrected chi connectivity index (χ0v) is 12.4. The van der Waals surface area contributed by atoms with Crippen molar-refractivity contribution >= 4 is 16.0 Å². The number of hydrogen-bond acceptors (Lipinski definition) is 6. The first-order chi connectivity index (χ1) is 8.84. The number of carbonyl (C=O) groups is 1. The summed E-state index contributed by atoms with van der Waals surface area (Å²) in [5.74, 6) is -0.378. The second kappa shape index (κ2) is 7.18. The molecule has 1 aliphatic rings. The molecule has 1 aliphatic heterocycles. The first-order valence-corrected chi connectivity index (χ1v) is 8.29. The SMILES string of the molecule is CCOC(=O)C(N)CCN1CCN(S(C)(=O)=O)CC1. The Kier molecular flexibility index (Phi) is 6.18. The fraction of sp³-hybridized carbons (Fsp3) is 0.909. The maximum atomic E-state index is 11.3. The number of rotatable bonds is 6. The predicted molar refractivity (Wildman–Crippen MR) is 72.1 cm³/mol. The van der Waals surface area contributed by atoms with Crippen molar-refractivity contribution in [1.29, 1.82) is 0 Å². The molecule has 0 spiro atoms. The van der Waals surface area contributed by atoms with Crippen LogP contribution < -0.4 is 5.73 Å². The van der Waals surface area contributed by atoms with Gasteiger partial charge < -0.3 is 15.4 Å². The topological polar surface area (TPSA) is 92.9 Å². The molecule has 0 radical (unpaired) electrons. The molecule has 1 unspecified atom stereocenters. The average molecular weight is 293 g/mol. The van der Waals surface area contributed by atoms with Gasteiger partial charge in [0.1, 0.15) is 6.04 Å². The molecule has 8 heteroatoms. The van der Waals surface area contributed by atoms with Gasteiger partial charge in [-0.15, -0.1) is 0 Å². The summed E-state index contributed by atoms with van der Waals surface area (Å²) in [7, 11) is -3.09. The van der Waals surface area contributed by atoms with Gasteiger partial charge in [0.05, 0.1) is 12.9 Å². The Labute approximate surface area is 114 Å². The van der Waals surface area contributed by atoms with Gasteiger partial charge >= 0.3 is 5.97 Å². The molecule has 1 rings (SSSR count). The van der Waals surface area contributed by atoms with E-state index in [1.807, 2.05) is 0 Å². The molecule has 2 N–H and O–H groups in total. The fourth-order valence-corrected chi connectivity index (χ4v) is 2.80. The third kappa shape index (κ3) is 5.43. The van der Waals surface area contributed by atoms with E-state index in [4.69, 9.17) is 10.5 Å². The van der Waals surface area contributed by atoms with Gasteiger partial charge in [-0.3, -0.25) is 4.79 Å². The summed E-state index contributed by atoms with van der Waals surface area (Å²) in [6, 6.07) is -0.604. The van der Waals surface area contributed by atoms with Gasteiger partial charge in [-0.25, -0.2) is 8.42 Å². The van der Waals surface area contributed by atoms with Crippen LogP contribution in [0.25, 0.3) is 0 Å². The van der Waals surface area contributed by atoms with Crippen LogP contribution in [0.3, 0.4) is 0 Å². The van der Waals surface area contributed by atoms with E-state index in [2.05, 4.69) is 4.90 Å². The van der Waals surface area contributed by atoms with Crippen molar-refractivity contribution in [3.8, 4) is 0 Å². The van der Waals surface area contributed by atoms with E-state index in [0.29, 0.717) is 45.8 Å². The lowest BCUT2D eigenvalue weighted by molar-refractivity contribution is -0.144. The zero-order chi connectivity index (χ0) is 14.5. The van der Waals surface area contributed by atoms with E-state index in [0.717, 1.165) is 0 Å². The molecule has 0 amide bonds. The second-order valence-corrected chi connectivity index (χ2v) is 6.63. The summed E-state index contributed by atoms with van der Waals surface area (Å²) < 4.78 is 29.0.